The summed E-state index contributed by atoms with van der Waals surface area (Å²) in [5.74, 6) is -0.0336. The van der Waals surface area contributed by atoms with Crippen LogP contribution in [0.1, 0.15) is 0 Å². The Hall–Kier alpha value is -1.01. The molecule has 5 nitrogen and oxygen atoms in total. The molecule has 1 heterocycles. The van der Waals surface area contributed by atoms with Crippen molar-refractivity contribution in [1.82, 2.24) is 10.6 Å². The standard InChI is InChI=1S/C14H21N3O2.2ClH/c1-17(12-5-3-2-4-6-12)9-7-16-14(18)13-11-15-8-10-19-13;;/h2-6,13,15H,7-11H2,1H3,(H,16,18);2*1H. The van der Waals surface area contributed by atoms with Gasteiger partial charge < -0.3 is 20.3 Å². The van der Waals surface area contributed by atoms with Crippen molar-refractivity contribution in [1.29, 1.82) is 0 Å². The SMILES string of the molecule is CN(CCNC(=O)C1CNCCO1)c1ccccc1.Cl.Cl. The molecule has 0 bridgehead atoms. The molecule has 1 atom stereocenters. The molecule has 0 spiro atoms. The van der Waals surface area contributed by atoms with E-state index in [4.69, 9.17) is 4.74 Å². The summed E-state index contributed by atoms with van der Waals surface area (Å²) in [5.41, 5.74) is 1.15. The molecule has 0 saturated carbocycles. The van der Waals surface area contributed by atoms with Gasteiger partial charge in [-0.15, -0.1) is 24.8 Å². The van der Waals surface area contributed by atoms with Crippen molar-refractivity contribution in [3.63, 3.8) is 0 Å². The van der Waals surface area contributed by atoms with Gasteiger partial charge in [0.25, 0.3) is 5.91 Å². The number of nitrogens with one attached hydrogen (secondary N) is 2. The Morgan fingerprint density at radius 3 is 2.71 bits per heavy atom. The molecule has 1 amide bonds. The highest BCUT2D eigenvalue weighted by Crippen LogP contribution is 2.09. The van der Waals surface area contributed by atoms with Gasteiger partial charge >= 0.3 is 0 Å². The van der Waals surface area contributed by atoms with Gasteiger partial charge in [-0.25, -0.2) is 0 Å². The van der Waals surface area contributed by atoms with Gasteiger partial charge in [0.15, 0.2) is 0 Å². The minimum absolute atomic E-state index is 0. The Balaban J connectivity index is 0.00000200. The van der Waals surface area contributed by atoms with Crippen LogP contribution < -0.4 is 15.5 Å². The van der Waals surface area contributed by atoms with Crippen molar-refractivity contribution < 1.29 is 9.53 Å². The van der Waals surface area contributed by atoms with Crippen LogP contribution in [0.4, 0.5) is 5.69 Å². The summed E-state index contributed by atoms with van der Waals surface area (Å²) in [7, 11) is 2.01. The number of hydrogen-bond acceptors (Lipinski definition) is 4. The summed E-state index contributed by atoms with van der Waals surface area (Å²) in [6.45, 7) is 3.41. The fraction of sp³-hybridized carbons (Fsp3) is 0.500. The largest absolute Gasteiger partial charge is 0.373 e. The number of ether oxygens (including phenoxy) is 1. The van der Waals surface area contributed by atoms with E-state index in [1.54, 1.807) is 0 Å². The first-order valence-electron chi connectivity index (χ1n) is 6.63. The van der Waals surface area contributed by atoms with Crippen LogP contribution in [-0.2, 0) is 9.53 Å². The third-order valence-electron chi connectivity index (χ3n) is 3.16. The van der Waals surface area contributed by atoms with E-state index in [9.17, 15) is 4.79 Å². The highest BCUT2D eigenvalue weighted by molar-refractivity contribution is 5.85. The molecule has 1 unspecified atom stereocenters. The predicted octanol–water partition coefficient (Wildman–Crippen LogP) is 1.07. The van der Waals surface area contributed by atoms with E-state index >= 15 is 0 Å². The van der Waals surface area contributed by atoms with Crippen molar-refractivity contribution in [2.24, 2.45) is 0 Å². The van der Waals surface area contributed by atoms with E-state index in [2.05, 4.69) is 27.7 Å². The van der Waals surface area contributed by atoms with Crippen LogP contribution in [0, 0.1) is 0 Å². The minimum atomic E-state index is -0.351. The summed E-state index contributed by atoms with van der Waals surface area (Å²) < 4.78 is 5.39. The number of nitrogens with zero attached hydrogens (tertiary/aromatic N) is 1. The number of benzene rings is 1. The molecule has 1 fully saturated rings. The third-order valence-corrected chi connectivity index (χ3v) is 3.16. The second kappa shape index (κ2) is 10.7. The van der Waals surface area contributed by atoms with Crippen molar-refractivity contribution in [3.8, 4) is 0 Å². The van der Waals surface area contributed by atoms with Crippen LogP contribution in [-0.4, -0.2) is 51.8 Å². The van der Waals surface area contributed by atoms with Crippen molar-refractivity contribution >= 4 is 36.4 Å². The molecule has 7 heteroatoms. The van der Waals surface area contributed by atoms with Crippen LogP contribution in [0.5, 0.6) is 0 Å². The molecule has 2 rings (SSSR count). The topological polar surface area (TPSA) is 53.6 Å². The van der Waals surface area contributed by atoms with Crippen LogP contribution in [0.3, 0.4) is 0 Å². The summed E-state index contributed by atoms with van der Waals surface area (Å²) in [6.07, 6.45) is -0.351. The van der Waals surface area contributed by atoms with Gasteiger partial charge in [0.1, 0.15) is 6.10 Å². The fourth-order valence-electron chi connectivity index (χ4n) is 2.01. The van der Waals surface area contributed by atoms with E-state index < -0.39 is 0 Å². The van der Waals surface area contributed by atoms with Gasteiger partial charge in [0, 0.05) is 38.9 Å². The Morgan fingerprint density at radius 2 is 2.10 bits per heavy atom. The maximum absolute atomic E-state index is 11.8. The van der Waals surface area contributed by atoms with Crippen LogP contribution in [0.25, 0.3) is 0 Å². The number of amides is 1. The van der Waals surface area contributed by atoms with Crippen molar-refractivity contribution in [3.05, 3.63) is 30.3 Å². The fourth-order valence-corrected chi connectivity index (χ4v) is 2.01. The number of halogens is 2. The number of para-hydroxylation sites is 1. The number of likely N-dealkylation sites (N-methyl/N-ethyl adjacent to an activating group) is 1. The molecule has 120 valence electrons. The van der Waals surface area contributed by atoms with Crippen LogP contribution >= 0.6 is 24.8 Å². The number of hydrogen-bond donors (Lipinski definition) is 2. The molecule has 1 aromatic rings. The molecule has 1 saturated heterocycles. The lowest BCUT2D eigenvalue weighted by Gasteiger charge is -2.24. The Kier molecular flexibility index (Phi) is 10.2. The van der Waals surface area contributed by atoms with Crippen LogP contribution in [0.15, 0.2) is 30.3 Å². The van der Waals surface area contributed by atoms with Crippen LogP contribution in [0.2, 0.25) is 0 Å². The molecule has 1 aliphatic rings. The number of carbonyl (C=O) groups is 1. The van der Waals surface area contributed by atoms with E-state index in [1.807, 2.05) is 25.2 Å². The normalized spacial score (nSPS) is 17.1. The molecule has 0 aliphatic carbocycles. The molecular weight excluding hydrogens is 313 g/mol. The van der Waals surface area contributed by atoms with Gasteiger partial charge in [-0.05, 0) is 12.1 Å². The molecule has 21 heavy (non-hydrogen) atoms. The number of morpholine rings is 1. The number of rotatable bonds is 5. The predicted molar refractivity (Wildman–Crippen MR) is 89.8 cm³/mol. The molecule has 1 aliphatic heterocycles. The van der Waals surface area contributed by atoms with Gasteiger partial charge in [-0.2, -0.15) is 0 Å². The molecular formula is C14H23Cl2N3O2. The Labute approximate surface area is 138 Å². The lowest BCUT2D eigenvalue weighted by atomic mass is 10.3. The average molecular weight is 336 g/mol. The first-order chi connectivity index (χ1) is 9.27. The number of anilines is 1. The molecule has 0 aromatic heterocycles. The van der Waals surface area contributed by atoms with Crippen molar-refractivity contribution in [2.75, 3.05) is 44.7 Å². The monoisotopic (exact) mass is 335 g/mol. The summed E-state index contributed by atoms with van der Waals surface area (Å²) in [6, 6.07) is 10.1. The van der Waals surface area contributed by atoms with Gasteiger partial charge in [0.05, 0.1) is 6.61 Å². The highest BCUT2D eigenvalue weighted by Gasteiger charge is 2.20. The Bertz CT molecular complexity index is 400. The van der Waals surface area contributed by atoms with E-state index in [0.717, 1.165) is 18.8 Å². The summed E-state index contributed by atoms with van der Waals surface area (Å²) in [5, 5.41) is 6.05. The van der Waals surface area contributed by atoms with E-state index in [0.29, 0.717) is 19.7 Å². The lowest BCUT2D eigenvalue weighted by molar-refractivity contribution is -0.134. The summed E-state index contributed by atoms with van der Waals surface area (Å²) >= 11 is 0. The second-order valence-corrected chi connectivity index (χ2v) is 4.61. The molecule has 1 aromatic carbocycles. The maximum atomic E-state index is 11.8. The zero-order chi connectivity index (χ0) is 13.5. The molecule has 0 radical (unpaired) electrons. The first-order valence-corrected chi connectivity index (χ1v) is 6.63. The van der Waals surface area contributed by atoms with E-state index in [-0.39, 0.29) is 36.8 Å². The highest BCUT2D eigenvalue weighted by atomic mass is 35.5. The minimum Gasteiger partial charge on any atom is -0.373 e. The second-order valence-electron chi connectivity index (χ2n) is 4.61. The summed E-state index contributed by atoms with van der Waals surface area (Å²) in [4.78, 5) is 13.9. The molecule has 2 N–H and O–H groups in total. The van der Waals surface area contributed by atoms with Gasteiger partial charge in [-0.1, -0.05) is 18.2 Å². The number of carbonyl (C=O) groups excluding carboxylic acids is 1. The zero-order valence-corrected chi connectivity index (χ0v) is 13.7. The maximum Gasteiger partial charge on any atom is 0.250 e. The first kappa shape index (κ1) is 20.0. The lowest BCUT2D eigenvalue weighted by Crippen LogP contribution is -2.48. The van der Waals surface area contributed by atoms with Gasteiger partial charge in [-0.3, -0.25) is 4.79 Å². The third kappa shape index (κ3) is 6.52. The smallest absolute Gasteiger partial charge is 0.250 e. The zero-order valence-electron chi connectivity index (χ0n) is 12.1. The average Bonchev–Trinajstić information content (AvgIpc) is 2.49. The quantitative estimate of drug-likeness (QED) is 0.845. The van der Waals surface area contributed by atoms with E-state index in [1.165, 1.54) is 0 Å². The van der Waals surface area contributed by atoms with Gasteiger partial charge in [0.2, 0.25) is 0 Å². The Morgan fingerprint density at radius 1 is 1.38 bits per heavy atom. The van der Waals surface area contributed by atoms with Crippen molar-refractivity contribution in [2.45, 2.75) is 6.10 Å².